The summed E-state index contributed by atoms with van der Waals surface area (Å²) in [4.78, 5) is 20.5. The molecule has 1 N–H and O–H groups in total. The van der Waals surface area contributed by atoms with Crippen molar-refractivity contribution < 1.29 is 4.79 Å². The van der Waals surface area contributed by atoms with Gasteiger partial charge < -0.3 is 4.90 Å². The number of piperazine rings is 1. The van der Waals surface area contributed by atoms with E-state index in [1.807, 2.05) is 37.3 Å². The van der Waals surface area contributed by atoms with Crippen LogP contribution in [0, 0.1) is 18.3 Å². The Morgan fingerprint density at radius 2 is 2.04 bits per heavy atom. The molecular weight excluding hydrogens is 314 g/mol. The summed E-state index contributed by atoms with van der Waals surface area (Å²) in [5.74, 6) is 0.533. The van der Waals surface area contributed by atoms with Crippen LogP contribution in [0.4, 0.5) is 10.6 Å². The number of anilines is 1. The molecule has 1 atom stereocenters. The number of amides is 2. The normalized spacial score (nSPS) is 17.8. The smallest absolute Gasteiger partial charge is 0.321 e. The zero-order chi connectivity index (χ0) is 17.6. The van der Waals surface area contributed by atoms with Crippen molar-refractivity contribution in [3.8, 4) is 6.07 Å². The number of benzene rings is 1. The lowest BCUT2D eigenvalue weighted by Crippen LogP contribution is -2.54. The van der Waals surface area contributed by atoms with Crippen LogP contribution >= 0.6 is 0 Å². The Kier molecular flexibility index (Phi) is 5.26. The Morgan fingerprint density at radius 3 is 2.76 bits per heavy atom. The minimum absolute atomic E-state index is 0.210. The topological polar surface area (TPSA) is 72.3 Å². The van der Waals surface area contributed by atoms with Gasteiger partial charge in [0.2, 0.25) is 0 Å². The summed E-state index contributed by atoms with van der Waals surface area (Å²) in [6.07, 6.45) is 0. The molecule has 1 aromatic heterocycles. The van der Waals surface area contributed by atoms with Crippen LogP contribution in [0.25, 0.3) is 0 Å². The fraction of sp³-hybridized carbons (Fsp3) is 0.316. The highest BCUT2D eigenvalue weighted by atomic mass is 16.2. The van der Waals surface area contributed by atoms with E-state index in [4.69, 9.17) is 0 Å². The number of nitrogens with one attached hydrogen (secondary N) is 1. The Hall–Kier alpha value is -2.91. The van der Waals surface area contributed by atoms with Crippen LogP contribution < -0.4 is 5.32 Å². The molecule has 0 spiro atoms. The van der Waals surface area contributed by atoms with E-state index in [0.29, 0.717) is 32.0 Å². The predicted octanol–water partition coefficient (Wildman–Crippen LogP) is 2.63. The molecule has 0 bridgehead atoms. The second kappa shape index (κ2) is 7.77. The molecule has 2 heterocycles. The number of urea groups is 1. The average molecular weight is 335 g/mol. The number of carbonyl (C=O) groups excluding carboxylic acids is 1. The van der Waals surface area contributed by atoms with Gasteiger partial charge in [0.15, 0.2) is 0 Å². The van der Waals surface area contributed by atoms with Gasteiger partial charge in [-0.05, 0) is 24.6 Å². The zero-order valence-corrected chi connectivity index (χ0v) is 14.2. The molecule has 0 aliphatic carbocycles. The number of carbonyl (C=O) groups is 1. The number of hydrogen-bond acceptors (Lipinski definition) is 4. The molecular formula is C19H21N5O. The Morgan fingerprint density at radius 1 is 1.24 bits per heavy atom. The van der Waals surface area contributed by atoms with Gasteiger partial charge in [-0.25, -0.2) is 9.78 Å². The van der Waals surface area contributed by atoms with Crippen molar-refractivity contribution in [1.29, 1.82) is 5.26 Å². The standard InChI is InChI=1S/C19H21N5O/c1-15-6-5-9-18(21-15)22-19(25)24-11-10-23(17(12-20)14-24)13-16-7-3-2-4-8-16/h2-9,17H,10-11,13-14H2,1H3,(H,21,22,25)/t17-/m0/s1. The van der Waals surface area contributed by atoms with Crippen LogP contribution in [0.3, 0.4) is 0 Å². The van der Waals surface area contributed by atoms with Crippen molar-refractivity contribution in [2.45, 2.75) is 19.5 Å². The molecule has 0 radical (unpaired) electrons. The maximum absolute atomic E-state index is 12.5. The molecule has 1 aliphatic heterocycles. The molecule has 3 rings (SSSR count). The van der Waals surface area contributed by atoms with Crippen LogP contribution in [0.1, 0.15) is 11.3 Å². The number of aryl methyl sites for hydroxylation is 1. The molecule has 25 heavy (non-hydrogen) atoms. The molecule has 0 unspecified atom stereocenters. The molecule has 1 aromatic carbocycles. The molecule has 1 aliphatic rings. The van der Waals surface area contributed by atoms with Gasteiger partial charge in [-0.3, -0.25) is 10.2 Å². The number of nitrogens with zero attached hydrogens (tertiary/aromatic N) is 4. The van der Waals surface area contributed by atoms with Crippen molar-refractivity contribution in [3.05, 3.63) is 59.8 Å². The van der Waals surface area contributed by atoms with Crippen LogP contribution in [-0.4, -0.2) is 46.5 Å². The first kappa shape index (κ1) is 16.9. The lowest BCUT2D eigenvalue weighted by Gasteiger charge is -2.38. The molecule has 2 amide bonds. The Balaban J connectivity index is 1.61. The second-order valence-electron chi connectivity index (χ2n) is 6.14. The van der Waals surface area contributed by atoms with Crippen molar-refractivity contribution in [2.75, 3.05) is 25.0 Å². The van der Waals surface area contributed by atoms with E-state index in [2.05, 4.69) is 33.4 Å². The van der Waals surface area contributed by atoms with Crippen LogP contribution in [0.15, 0.2) is 48.5 Å². The lowest BCUT2D eigenvalue weighted by molar-refractivity contribution is 0.114. The summed E-state index contributed by atoms with van der Waals surface area (Å²) < 4.78 is 0. The molecule has 1 saturated heterocycles. The highest BCUT2D eigenvalue weighted by Gasteiger charge is 2.29. The minimum Gasteiger partial charge on any atom is -0.321 e. The van der Waals surface area contributed by atoms with E-state index in [9.17, 15) is 10.1 Å². The van der Waals surface area contributed by atoms with Gasteiger partial charge in [0.05, 0.1) is 12.6 Å². The molecule has 2 aromatic rings. The van der Waals surface area contributed by atoms with E-state index in [1.165, 1.54) is 5.56 Å². The maximum Gasteiger partial charge on any atom is 0.323 e. The summed E-state index contributed by atoms with van der Waals surface area (Å²) in [5, 5.41) is 12.3. The number of hydrogen-bond donors (Lipinski definition) is 1. The van der Waals surface area contributed by atoms with E-state index in [1.54, 1.807) is 11.0 Å². The second-order valence-corrected chi connectivity index (χ2v) is 6.14. The third-order valence-corrected chi connectivity index (χ3v) is 4.28. The molecule has 6 nitrogen and oxygen atoms in total. The SMILES string of the molecule is Cc1cccc(NC(=O)N2CCN(Cc3ccccc3)[C@@H](C#N)C2)n1. The number of rotatable bonds is 3. The van der Waals surface area contributed by atoms with E-state index in [0.717, 1.165) is 5.69 Å². The summed E-state index contributed by atoms with van der Waals surface area (Å²) in [6, 6.07) is 17.4. The molecule has 1 fully saturated rings. The Labute approximate surface area is 147 Å². The number of aromatic nitrogens is 1. The van der Waals surface area contributed by atoms with E-state index in [-0.39, 0.29) is 12.1 Å². The monoisotopic (exact) mass is 335 g/mol. The molecule has 6 heteroatoms. The van der Waals surface area contributed by atoms with Gasteiger partial charge >= 0.3 is 6.03 Å². The summed E-state index contributed by atoms with van der Waals surface area (Å²) in [5.41, 5.74) is 2.02. The number of pyridine rings is 1. The minimum atomic E-state index is -0.315. The summed E-state index contributed by atoms with van der Waals surface area (Å²) in [7, 11) is 0. The lowest BCUT2D eigenvalue weighted by atomic mass is 10.1. The maximum atomic E-state index is 12.5. The van der Waals surface area contributed by atoms with Crippen LogP contribution in [-0.2, 0) is 6.54 Å². The summed E-state index contributed by atoms with van der Waals surface area (Å²) >= 11 is 0. The highest BCUT2D eigenvalue weighted by Crippen LogP contribution is 2.15. The fourth-order valence-electron chi connectivity index (χ4n) is 2.94. The first-order chi connectivity index (χ1) is 12.2. The van der Waals surface area contributed by atoms with Gasteiger partial charge in [0.25, 0.3) is 0 Å². The van der Waals surface area contributed by atoms with Crippen LogP contribution in [0.5, 0.6) is 0 Å². The first-order valence-electron chi connectivity index (χ1n) is 8.33. The van der Waals surface area contributed by atoms with Crippen LogP contribution in [0.2, 0.25) is 0 Å². The van der Waals surface area contributed by atoms with E-state index >= 15 is 0 Å². The third-order valence-electron chi connectivity index (χ3n) is 4.28. The predicted molar refractivity (Wildman–Crippen MR) is 95.8 cm³/mol. The van der Waals surface area contributed by atoms with Crippen molar-refractivity contribution >= 4 is 11.8 Å². The summed E-state index contributed by atoms with van der Waals surface area (Å²) in [6.45, 7) is 4.24. The van der Waals surface area contributed by atoms with Crippen molar-refractivity contribution in [2.24, 2.45) is 0 Å². The zero-order valence-electron chi connectivity index (χ0n) is 14.2. The van der Waals surface area contributed by atoms with Gasteiger partial charge in [0, 0.05) is 25.3 Å². The van der Waals surface area contributed by atoms with Gasteiger partial charge in [-0.1, -0.05) is 36.4 Å². The highest BCUT2D eigenvalue weighted by molar-refractivity contribution is 5.88. The number of nitriles is 1. The van der Waals surface area contributed by atoms with E-state index < -0.39 is 0 Å². The quantitative estimate of drug-likeness (QED) is 0.936. The van der Waals surface area contributed by atoms with Gasteiger partial charge in [0.1, 0.15) is 11.9 Å². The average Bonchev–Trinajstić information content (AvgIpc) is 2.63. The first-order valence-corrected chi connectivity index (χ1v) is 8.33. The van der Waals surface area contributed by atoms with Crippen molar-refractivity contribution in [3.63, 3.8) is 0 Å². The van der Waals surface area contributed by atoms with Crippen molar-refractivity contribution in [1.82, 2.24) is 14.8 Å². The van der Waals surface area contributed by atoms with Gasteiger partial charge in [-0.15, -0.1) is 0 Å². The fourth-order valence-corrected chi connectivity index (χ4v) is 2.94. The third kappa shape index (κ3) is 4.34. The molecule has 128 valence electrons. The Bertz CT molecular complexity index is 771. The largest absolute Gasteiger partial charge is 0.323 e. The van der Waals surface area contributed by atoms with Gasteiger partial charge in [-0.2, -0.15) is 5.26 Å². The molecule has 0 saturated carbocycles.